The SMILES string of the molecule is CN(C)C(=O)CN1CCCN(C(=O)C2CCN(C(=O)c3ccc(F)cc3F)CC2)CC1. The lowest BCUT2D eigenvalue weighted by atomic mass is 9.94. The van der Waals surface area contributed by atoms with Gasteiger partial charge in [0.2, 0.25) is 11.8 Å². The second-order valence-electron chi connectivity index (χ2n) is 8.43. The van der Waals surface area contributed by atoms with Crippen LogP contribution in [-0.4, -0.2) is 97.2 Å². The van der Waals surface area contributed by atoms with Crippen LogP contribution in [0.1, 0.15) is 29.6 Å². The first-order chi connectivity index (χ1) is 14.8. The van der Waals surface area contributed by atoms with Crippen LogP contribution in [0.25, 0.3) is 0 Å². The molecule has 0 bridgehead atoms. The Kier molecular flexibility index (Phi) is 7.59. The maximum Gasteiger partial charge on any atom is 0.256 e. The number of piperidine rings is 1. The fourth-order valence-corrected chi connectivity index (χ4v) is 4.10. The van der Waals surface area contributed by atoms with Gasteiger partial charge in [0.05, 0.1) is 12.1 Å². The molecule has 3 rings (SSSR count). The van der Waals surface area contributed by atoms with Crippen LogP contribution in [0.4, 0.5) is 8.78 Å². The Morgan fingerprint density at radius 2 is 1.68 bits per heavy atom. The molecule has 0 aromatic heterocycles. The lowest BCUT2D eigenvalue weighted by molar-refractivity contribution is -0.136. The molecular formula is C22H30F2N4O3. The molecule has 2 aliphatic rings. The average molecular weight is 437 g/mol. The number of hydrogen-bond acceptors (Lipinski definition) is 4. The van der Waals surface area contributed by atoms with Crippen LogP contribution in [0.3, 0.4) is 0 Å². The zero-order chi connectivity index (χ0) is 22.5. The lowest BCUT2D eigenvalue weighted by Crippen LogP contribution is -2.45. The predicted octanol–water partition coefficient (Wildman–Crippen LogP) is 1.44. The van der Waals surface area contributed by atoms with Crippen molar-refractivity contribution in [2.45, 2.75) is 19.3 Å². The molecule has 0 aliphatic carbocycles. The Bertz CT molecular complexity index is 825. The van der Waals surface area contributed by atoms with Gasteiger partial charge in [-0.2, -0.15) is 0 Å². The third-order valence-electron chi connectivity index (χ3n) is 6.05. The van der Waals surface area contributed by atoms with Crippen molar-refractivity contribution in [1.82, 2.24) is 19.6 Å². The highest BCUT2D eigenvalue weighted by Crippen LogP contribution is 2.23. The first-order valence-corrected chi connectivity index (χ1v) is 10.7. The normalized spacial score (nSPS) is 18.6. The van der Waals surface area contributed by atoms with Gasteiger partial charge in [-0.3, -0.25) is 19.3 Å². The largest absolute Gasteiger partial charge is 0.348 e. The van der Waals surface area contributed by atoms with Crippen LogP contribution in [0, 0.1) is 17.6 Å². The standard InChI is InChI=1S/C22H30F2N4O3/c1-25(2)20(29)15-26-8-3-9-27(13-12-26)21(30)16-6-10-28(11-7-16)22(31)18-5-4-17(23)14-19(18)24/h4-5,14,16H,3,6-13,15H2,1-2H3. The van der Waals surface area contributed by atoms with Crippen molar-refractivity contribution in [2.24, 2.45) is 5.92 Å². The van der Waals surface area contributed by atoms with E-state index >= 15 is 0 Å². The Morgan fingerprint density at radius 1 is 0.968 bits per heavy atom. The summed E-state index contributed by atoms with van der Waals surface area (Å²) in [4.78, 5) is 44.5. The van der Waals surface area contributed by atoms with Crippen molar-refractivity contribution in [3.05, 3.63) is 35.4 Å². The summed E-state index contributed by atoms with van der Waals surface area (Å²) in [5, 5.41) is 0. The molecule has 170 valence electrons. The van der Waals surface area contributed by atoms with Crippen molar-refractivity contribution in [1.29, 1.82) is 0 Å². The van der Waals surface area contributed by atoms with Crippen LogP contribution in [0.15, 0.2) is 18.2 Å². The molecule has 0 saturated carbocycles. The van der Waals surface area contributed by atoms with Gasteiger partial charge in [-0.1, -0.05) is 0 Å². The van der Waals surface area contributed by atoms with Gasteiger partial charge in [-0.05, 0) is 31.4 Å². The van der Waals surface area contributed by atoms with Crippen molar-refractivity contribution < 1.29 is 23.2 Å². The smallest absolute Gasteiger partial charge is 0.256 e. The highest BCUT2D eigenvalue weighted by molar-refractivity contribution is 5.94. The fraction of sp³-hybridized carbons (Fsp3) is 0.591. The molecule has 0 spiro atoms. The third kappa shape index (κ3) is 5.78. The molecule has 2 aliphatic heterocycles. The van der Waals surface area contributed by atoms with E-state index in [1.807, 2.05) is 4.90 Å². The average Bonchev–Trinajstić information content (AvgIpc) is 2.98. The van der Waals surface area contributed by atoms with Crippen LogP contribution in [0.2, 0.25) is 0 Å². The summed E-state index contributed by atoms with van der Waals surface area (Å²) in [6.07, 6.45) is 1.85. The van der Waals surface area contributed by atoms with Crippen LogP contribution in [0.5, 0.6) is 0 Å². The van der Waals surface area contributed by atoms with E-state index in [1.54, 1.807) is 19.0 Å². The van der Waals surface area contributed by atoms with Crippen LogP contribution < -0.4 is 0 Å². The summed E-state index contributed by atoms with van der Waals surface area (Å²) >= 11 is 0. The second-order valence-corrected chi connectivity index (χ2v) is 8.43. The molecule has 1 aromatic rings. The zero-order valence-corrected chi connectivity index (χ0v) is 18.1. The molecule has 3 amide bonds. The van der Waals surface area contributed by atoms with Crippen molar-refractivity contribution >= 4 is 17.7 Å². The molecule has 0 radical (unpaired) electrons. The molecule has 0 atom stereocenters. The van der Waals surface area contributed by atoms with Gasteiger partial charge in [0.25, 0.3) is 5.91 Å². The molecular weight excluding hydrogens is 406 g/mol. The summed E-state index contributed by atoms with van der Waals surface area (Å²) in [6, 6.07) is 2.94. The summed E-state index contributed by atoms with van der Waals surface area (Å²) in [7, 11) is 3.47. The van der Waals surface area contributed by atoms with Gasteiger partial charge in [0.15, 0.2) is 0 Å². The van der Waals surface area contributed by atoms with Gasteiger partial charge in [-0.25, -0.2) is 8.78 Å². The van der Waals surface area contributed by atoms with Crippen LogP contribution in [-0.2, 0) is 9.59 Å². The van der Waals surface area contributed by atoms with E-state index < -0.39 is 17.5 Å². The summed E-state index contributed by atoms with van der Waals surface area (Å²) in [5.41, 5.74) is -0.147. The highest BCUT2D eigenvalue weighted by Gasteiger charge is 2.32. The number of amides is 3. The first kappa shape index (κ1) is 23.1. The molecule has 1 aromatic carbocycles. The first-order valence-electron chi connectivity index (χ1n) is 10.7. The molecule has 9 heteroatoms. The van der Waals surface area contributed by atoms with Gasteiger partial charge >= 0.3 is 0 Å². The molecule has 2 heterocycles. The van der Waals surface area contributed by atoms with Crippen molar-refractivity contribution in [2.75, 3.05) is 59.9 Å². The zero-order valence-electron chi connectivity index (χ0n) is 18.1. The molecule has 2 saturated heterocycles. The van der Waals surface area contributed by atoms with E-state index in [-0.39, 0.29) is 23.3 Å². The quantitative estimate of drug-likeness (QED) is 0.717. The Labute approximate surface area is 181 Å². The second kappa shape index (κ2) is 10.2. The predicted molar refractivity (Wildman–Crippen MR) is 111 cm³/mol. The van der Waals surface area contributed by atoms with Gasteiger partial charge in [-0.15, -0.1) is 0 Å². The molecule has 7 nitrogen and oxygen atoms in total. The monoisotopic (exact) mass is 436 g/mol. The van der Waals surface area contributed by atoms with Crippen LogP contribution >= 0.6 is 0 Å². The van der Waals surface area contributed by atoms with E-state index in [0.29, 0.717) is 58.2 Å². The number of hydrogen-bond donors (Lipinski definition) is 0. The summed E-state index contributed by atoms with van der Waals surface area (Å²) in [5.74, 6) is -2.10. The number of likely N-dealkylation sites (N-methyl/N-ethyl adjacent to an activating group) is 1. The number of benzene rings is 1. The Morgan fingerprint density at radius 3 is 2.32 bits per heavy atom. The van der Waals surface area contributed by atoms with Gasteiger partial charge in [0.1, 0.15) is 11.6 Å². The minimum atomic E-state index is -0.870. The van der Waals surface area contributed by atoms with E-state index in [0.717, 1.165) is 25.1 Å². The van der Waals surface area contributed by atoms with E-state index in [2.05, 4.69) is 4.90 Å². The number of halogens is 2. The van der Waals surface area contributed by atoms with E-state index in [4.69, 9.17) is 0 Å². The molecule has 0 unspecified atom stereocenters. The topological polar surface area (TPSA) is 64.2 Å². The number of carbonyl (C=O) groups is 3. The number of likely N-dealkylation sites (tertiary alicyclic amines) is 1. The molecule has 31 heavy (non-hydrogen) atoms. The molecule has 2 fully saturated rings. The number of rotatable bonds is 4. The highest BCUT2D eigenvalue weighted by atomic mass is 19.1. The lowest BCUT2D eigenvalue weighted by Gasteiger charge is -2.34. The Balaban J connectivity index is 1.51. The Hall–Kier alpha value is -2.55. The van der Waals surface area contributed by atoms with Gasteiger partial charge < -0.3 is 14.7 Å². The minimum absolute atomic E-state index is 0.0504. The summed E-state index contributed by atoms with van der Waals surface area (Å²) < 4.78 is 27.0. The van der Waals surface area contributed by atoms with E-state index in [1.165, 1.54) is 4.90 Å². The fourth-order valence-electron chi connectivity index (χ4n) is 4.10. The maximum atomic E-state index is 13.9. The number of nitrogens with zero attached hydrogens (tertiary/aromatic N) is 4. The third-order valence-corrected chi connectivity index (χ3v) is 6.05. The van der Waals surface area contributed by atoms with Crippen molar-refractivity contribution in [3.63, 3.8) is 0 Å². The summed E-state index contributed by atoms with van der Waals surface area (Å²) in [6.45, 7) is 3.76. The van der Waals surface area contributed by atoms with E-state index in [9.17, 15) is 23.2 Å². The molecule has 0 N–H and O–H groups in total. The number of carbonyl (C=O) groups excluding carboxylic acids is 3. The minimum Gasteiger partial charge on any atom is -0.348 e. The van der Waals surface area contributed by atoms with Gasteiger partial charge in [0, 0.05) is 65.3 Å². The van der Waals surface area contributed by atoms with Crippen molar-refractivity contribution in [3.8, 4) is 0 Å². The maximum absolute atomic E-state index is 13.9.